The molecule has 0 spiro atoms. The van der Waals surface area contributed by atoms with Crippen molar-refractivity contribution in [1.29, 1.82) is 0 Å². The zero-order valence-electron chi connectivity index (χ0n) is 15.9. The topological polar surface area (TPSA) is 85.0 Å². The zero-order valence-corrected chi connectivity index (χ0v) is 16.7. The van der Waals surface area contributed by atoms with Gasteiger partial charge in [-0.05, 0) is 26.1 Å². The molecule has 1 saturated heterocycles. The van der Waals surface area contributed by atoms with Crippen molar-refractivity contribution in [3.8, 4) is 0 Å². The molecule has 8 nitrogen and oxygen atoms in total. The lowest BCUT2D eigenvalue weighted by Crippen LogP contribution is -2.44. The largest absolute Gasteiger partial charge is 0.354 e. The number of halogens is 1. The van der Waals surface area contributed by atoms with E-state index in [1.165, 1.54) is 0 Å². The van der Waals surface area contributed by atoms with Crippen LogP contribution in [-0.4, -0.2) is 58.3 Å². The van der Waals surface area contributed by atoms with Crippen molar-refractivity contribution in [2.24, 2.45) is 0 Å². The quantitative estimate of drug-likeness (QED) is 0.607. The van der Waals surface area contributed by atoms with E-state index in [9.17, 15) is 0 Å². The summed E-state index contributed by atoms with van der Waals surface area (Å²) in [5.74, 6) is 2.74. The van der Waals surface area contributed by atoms with Crippen LogP contribution in [0.4, 0.5) is 29.1 Å². The summed E-state index contributed by atoms with van der Waals surface area (Å²) in [6, 6.07) is 11.4. The summed E-state index contributed by atoms with van der Waals surface area (Å²) in [4.78, 5) is 13.9. The maximum Gasteiger partial charge on any atom is 0.231 e. The molecule has 2 aromatic heterocycles. The van der Waals surface area contributed by atoms with Crippen LogP contribution in [0, 0.1) is 6.92 Å². The highest BCUT2D eigenvalue weighted by Gasteiger charge is 2.18. The fourth-order valence-corrected chi connectivity index (χ4v) is 3.23. The molecule has 0 atom stereocenters. The van der Waals surface area contributed by atoms with Gasteiger partial charge in [0.05, 0.1) is 10.7 Å². The minimum Gasteiger partial charge on any atom is -0.354 e. The van der Waals surface area contributed by atoms with E-state index in [4.69, 9.17) is 16.6 Å². The summed E-state index contributed by atoms with van der Waals surface area (Å²) in [5, 5.41) is 14.3. The predicted molar refractivity (Wildman–Crippen MR) is 113 cm³/mol. The van der Waals surface area contributed by atoms with Gasteiger partial charge in [0.25, 0.3) is 0 Å². The third-order valence-corrected chi connectivity index (χ3v) is 4.95. The Kier molecular flexibility index (Phi) is 5.31. The van der Waals surface area contributed by atoms with Gasteiger partial charge in [-0.25, -0.2) is 0 Å². The molecule has 9 heteroatoms. The Bertz CT molecular complexity index is 949. The van der Waals surface area contributed by atoms with Crippen molar-refractivity contribution < 1.29 is 0 Å². The molecule has 4 rings (SSSR count). The third-order valence-electron chi connectivity index (χ3n) is 4.62. The van der Waals surface area contributed by atoms with Crippen LogP contribution in [0.1, 0.15) is 5.69 Å². The van der Waals surface area contributed by atoms with Crippen LogP contribution in [0.25, 0.3) is 0 Å². The Hall–Kier alpha value is -2.84. The van der Waals surface area contributed by atoms with Gasteiger partial charge in [0.15, 0.2) is 5.82 Å². The van der Waals surface area contributed by atoms with Crippen molar-refractivity contribution in [1.82, 2.24) is 25.1 Å². The Morgan fingerprint density at radius 1 is 1.00 bits per heavy atom. The van der Waals surface area contributed by atoms with E-state index in [1.54, 1.807) is 0 Å². The van der Waals surface area contributed by atoms with Crippen LogP contribution in [0.15, 0.2) is 36.4 Å². The van der Waals surface area contributed by atoms with Crippen LogP contribution in [0.3, 0.4) is 0 Å². The second kappa shape index (κ2) is 8.04. The molecule has 146 valence electrons. The second-order valence-corrected chi connectivity index (χ2v) is 7.30. The Labute approximate surface area is 168 Å². The van der Waals surface area contributed by atoms with E-state index in [1.807, 2.05) is 43.3 Å². The van der Waals surface area contributed by atoms with Crippen LogP contribution in [-0.2, 0) is 0 Å². The molecule has 0 radical (unpaired) electrons. The molecule has 0 unspecified atom stereocenters. The maximum absolute atomic E-state index is 6.29. The molecule has 3 N–H and O–H groups in total. The molecule has 0 amide bonds. The number of piperazine rings is 1. The Balaban J connectivity index is 1.64. The number of hydrogen-bond acceptors (Lipinski definition) is 7. The molecule has 3 aromatic rings. The molecule has 1 aromatic carbocycles. The van der Waals surface area contributed by atoms with E-state index in [0.29, 0.717) is 22.6 Å². The maximum atomic E-state index is 6.29. The number of aryl methyl sites for hydroxylation is 1. The van der Waals surface area contributed by atoms with E-state index in [-0.39, 0.29) is 0 Å². The van der Waals surface area contributed by atoms with Crippen LogP contribution in [0.2, 0.25) is 5.02 Å². The predicted octanol–water partition coefficient (Wildman–Crippen LogP) is 3.40. The minimum atomic E-state index is 0.485. The molecular formula is C19H23ClN8. The number of nitrogens with one attached hydrogen (secondary N) is 3. The van der Waals surface area contributed by atoms with Gasteiger partial charge in [-0.15, -0.1) is 0 Å². The van der Waals surface area contributed by atoms with Crippen molar-refractivity contribution in [3.05, 3.63) is 47.1 Å². The highest BCUT2D eigenvalue weighted by molar-refractivity contribution is 6.33. The van der Waals surface area contributed by atoms with Crippen LogP contribution in [0.5, 0.6) is 0 Å². The summed E-state index contributed by atoms with van der Waals surface area (Å²) < 4.78 is 0. The summed E-state index contributed by atoms with van der Waals surface area (Å²) in [6.45, 7) is 5.79. The molecule has 0 aliphatic carbocycles. The van der Waals surface area contributed by atoms with E-state index in [2.05, 4.69) is 42.7 Å². The van der Waals surface area contributed by atoms with E-state index >= 15 is 0 Å². The smallest absolute Gasteiger partial charge is 0.231 e. The second-order valence-electron chi connectivity index (χ2n) is 6.89. The van der Waals surface area contributed by atoms with E-state index in [0.717, 1.165) is 43.4 Å². The van der Waals surface area contributed by atoms with Crippen LogP contribution >= 0.6 is 11.6 Å². The number of H-pyrrole nitrogens is 1. The number of rotatable bonds is 5. The molecule has 1 fully saturated rings. The highest BCUT2D eigenvalue weighted by atomic mass is 35.5. The average Bonchev–Trinajstić information content (AvgIpc) is 3.09. The average molecular weight is 399 g/mol. The van der Waals surface area contributed by atoms with Gasteiger partial charge in [-0.2, -0.15) is 15.1 Å². The van der Waals surface area contributed by atoms with Crippen molar-refractivity contribution in [2.75, 3.05) is 48.8 Å². The highest BCUT2D eigenvalue weighted by Crippen LogP contribution is 2.27. The normalized spacial score (nSPS) is 14.9. The van der Waals surface area contributed by atoms with Gasteiger partial charge < -0.3 is 20.4 Å². The van der Waals surface area contributed by atoms with Crippen molar-refractivity contribution >= 4 is 40.7 Å². The SMILES string of the molecule is Cc1cc(Nc2cc(N3CCN(C)CC3)nc(Nc3ccccc3Cl)n2)n[nH]1. The molecule has 1 aliphatic heterocycles. The number of para-hydroxylation sites is 1. The standard InChI is InChI=1S/C19H23ClN8/c1-13-11-17(26-25-13)22-16-12-18(28-9-7-27(2)8-10-28)24-19(23-16)21-15-6-4-3-5-14(15)20/h3-6,11-12H,7-10H2,1-2H3,(H3,21,22,23,24,25,26). The molecular weight excluding hydrogens is 376 g/mol. The first-order valence-electron chi connectivity index (χ1n) is 9.20. The van der Waals surface area contributed by atoms with Gasteiger partial charge in [0, 0.05) is 44.0 Å². The molecule has 28 heavy (non-hydrogen) atoms. The number of anilines is 5. The Morgan fingerprint density at radius 3 is 2.50 bits per heavy atom. The first-order chi connectivity index (χ1) is 13.6. The number of nitrogens with zero attached hydrogens (tertiary/aromatic N) is 5. The number of aromatic amines is 1. The first-order valence-corrected chi connectivity index (χ1v) is 9.58. The monoisotopic (exact) mass is 398 g/mol. The number of benzene rings is 1. The fourth-order valence-electron chi connectivity index (χ4n) is 3.05. The van der Waals surface area contributed by atoms with E-state index < -0.39 is 0 Å². The molecule has 3 heterocycles. The number of likely N-dealkylation sites (N-methyl/N-ethyl adjacent to an activating group) is 1. The summed E-state index contributed by atoms with van der Waals surface area (Å²) in [7, 11) is 2.13. The van der Waals surface area contributed by atoms with Gasteiger partial charge in [-0.1, -0.05) is 23.7 Å². The summed E-state index contributed by atoms with van der Waals surface area (Å²) >= 11 is 6.29. The van der Waals surface area contributed by atoms with Gasteiger partial charge >= 0.3 is 0 Å². The van der Waals surface area contributed by atoms with Gasteiger partial charge in [0.1, 0.15) is 11.6 Å². The summed E-state index contributed by atoms with van der Waals surface area (Å²) in [6.07, 6.45) is 0. The first kappa shape index (κ1) is 18.5. The van der Waals surface area contributed by atoms with Crippen molar-refractivity contribution in [2.45, 2.75) is 6.92 Å². The van der Waals surface area contributed by atoms with Crippen LogP contribution < -0.4 is 15.5 Å². The summed E-state index contributed by atoms with van der Waals surface area (Å²) in [5.41, 5.74) is 1.74. The number of hydrogen-bond donors (Lipinski definition) is 3. The van der Waals surface area contributed by atoms with Gasteiger partial charge in [-0.3, -0.25) is 5.10 Å². The lowest BCUT2D eigenvalue weighted by Gasteiger charge is -2.33. The lowest BCUT2D eigenvalue weighted by molar-refractivity contribution is 0.312. The minimum absolute atomic E-state index is 0.485. The Morgan fingerprint density at radius 2 is 1.79 bits per heavy atom. The lowest BCUT2D eigenvalue weighted by atomic mass is 10.3. The zero-order chi connectivity index (χ0) is 19.5. The fraction of sp³-hybridized carbons (Fsp3) is 0.316. The van der Waals surface area contributed by atoms with Crippen molar-refractivity contribution in [3.63, 3.8) is 0 Å². The third kappa shape index (κ3) is 4.35. The molecule has 1 aliphatic rings. The number of aromatic nitrogens is 4. The van der Waals surface area contributed by atoms with Gasteiger partial charge in [0.2, 0.25) is 5.95 Å². The molecule has 0 bridgehead atoms. The molecule has 0 saturated carbocycles.